The van der Waals surface area contributed by atoms with E-state index < -0.39 is 0 Å². The summed E-state index contributed by atoms with van der Waals surface area (Å²) in [6.07, 6.45) is 8.81. The van der Waals surface area contributed by atoms with Gasteiger partial charge in [-0.3, -0.25) is 0 Å². The van der Waals surface area contributed by atoms with E-state index in [2.05, 4.69) is 37.3 Å². The molecule has 0 heterocycles. The van der Waals surface area contributed by atoms with E-state index in [1.807, 2.05) is 24.3 Å². The van der Waals surface area contributed by atoms with E-state index in [1.54, 1.807) is 0 Å². The number of benzene rings is 2. The van der Waals surface area contributed by atoms with Crippen LogP contribution in [0.1, 0.15) is 56.6 Å². The van der Waals surface area contributed by atoms with Gasteiger partial charge in [-0.15, -0.1) is 0 Å². The van der Waals surface area contributed by atoms with Crippen molar-refractivity contribution in [1.29, 1.82) is 5.26 Å². The summed E-state index contributed by atoms with van der Waals surface area (Å²) in [7, 11) is 0. The Hall–Kier alpha value is -2.11. The minimum atomic E-state index is 0.697. The number of unbranched alkanes of at least 4 members (excludes halogenated alkanes) is 5. The van der Waals surface area contributed by atoms with Crippen molar-refractivity contribution < 1.29 is 4.74 Å². The first-order valence-corrected chi connectivity index (χ1v) is 9.50. The van der Waals surface area contributed by atoms with Crippen molar-refractivity contribution in [1.82, 2.24) is 0 Å². The molecule has 25 heavy (non-hydrogen) atoms. The molecule has 2 heteroatoms. The third kappa shape index (κ3) is 7.11. The Balaban J connectivity index is 1.66. The van der Waals surface area contributed by atoms with E-state index >= 15 is 0 Å². The molecule has 0 aliphatic rings. The zero-order chi connectivity index (χ0) is 17.7. The van der Waals surface area contributed by atoms with E-state index in [0.29, 0.717) is 5.56 Å². The first kappa shape index (κ1) is 19.2. The van der Waals surface area contributed by atoms with Gasteiger partial charge in [0.2, 0.25) is 0 Å². The van der Waals surface area contributed by atoms with E-state index in [4.69, 9.17) is 10.00 Å². The molecule has 0 atom stereocenters. The molecule has 0 unspecified atom stereocenters. The van der Waals surface area contributed by atoms with Gasteiger partial charge in [-0.05, 0) is 41.7 Å². The van der Waals surface area contributed by atoms with Crippen molar-refractivity contribution in [2.45, 2.75) is 51.9 Å². The monoisotopic (exact) mass is 335 g/mol. The highest BCUT2D eigenvalue weighted by Crippen LogP contribution is 2.20. The second-order valence-electron chi connectivity index (χ2n) is 6.52. The molecule has 0 spiro atoms. The highest BCUT2D eigenvalue weighted by molar-refractivity contribution is 5.64. The molecule has 2 nitrogen and oxygen atoms in total. The zero-order valence-corrected chi connectivity index (χ0v) is 15.3. The van der Waals surface area contributed by atoms with Crippen LogP contribution in [0.25, 0.3) is 11.1 Å². The van der Waals surface area contributed by atoms with Crippen LogP contribution in [0.4, 0.5) is 0 Å². The van der Waals surface area contributed by atoms with Crippen molar-refractivity contribution >= 4 is 0 Å². The van der Waals surface area contributed by atoms with Gasteiger partial charge in [-0.2, -0.15) is 5.26 Å². The molecule has 2 rings (SSSR count). The van der Waals surface area contributed by atoms with Gasteiger partial charge in [0.15, 0.2) is 0 Å². The van der Waals surface area contributed by atoms with Crippen LogP contribution in [0.2, 0.25) is 0 Å². The molecule has 0 N–H and O–H groups in total. The third-order valence-electron chi connectivity index (χ3n) is 4.48. The molecule has 2 aromatic carbocycles. The smallest absolute Gasteiger partial charge is 0.0991 e. The number of nitriles is 1. The molecule has 132 valence electrons. The van der Waals surface area contributed by atoms with Crippen LogP contribution < -0.4 is 0 Å². The topological polar surface area (TPSA) is 33.0 Å². The summed E-state index contributed by atoms with van der Waals surface area (Å²) < 4.78 is 5.75. The van der Waals surface area contributed by atoms with Crippen molar-refractivity contribution in [3.63, 3.8) is 0 Å². The Morgan fingerprint density at radius 2 is 1.36 bits per heavy atom. The van der Waals surface area contributed by atoms with Gasteiger partial charge in [0.1, 0.15) is 0 Å². The standard InChI is InChI=1S/C23H29NO/c1-2-3-4-5-6-7-17-25-18-16-20-8-12-22(13-9-20)23-14-10-21(19-24)11-15-23/h8-15H,2-7,16-18H2,1H3. The summed E-state index contributed by atoms with van der Waals surface area (Å²) in [5, 5.41) is 8.86. The molecule has 0 radical (unpaired) electrons. The van der Waals surface area contributed by atoms with Gasteiger partial charge < -0.3 is 4.74 Å². The van der Waals surface area contributed by atoms with Crippen LogP contribution in [0.5, 0.6) is 0 Å². The molecular formula is C23H29NO. The van der Waals surface area contributed by atoms with Gasteiger partial charge in [-0.25, -0.2) is 0 Å². The molecule has 0 amide bonds. The lowest BCUT2D eigenvalue weighted by molar-refractivity contribution is 0.133. The van der Waals surface area contributed by atoms with Crippen LogP contribution >= 0.6 is 0 Å². The van der Waals surface area contributed by atoms with E-state index in [1.165, 1.54) is 49.7 Å². The summed E-state index contributed by atoms with van der Waals surface area (Å²) >= 11 is 0. The Labute approximate surface area is 152 Å². The molecular weight excluding hydrogens is 306 g/mol. The second-order valence-corrected chi connectivity index (χ2v) is 6.52. The second kappa shape index (κ2) is 11.4. The molecule has 0 fully saturated rings. The third-order valence-corrected chi connectivity index (χ3v) is 4.48. The summed E-state index contributed by atoms with van der Waals surface area (Å²) in [5.74, 6) is 0. The molecule has 2 aromatic rings. The summed E-state index contributed by atoms with van der Waals surface area (Å²) in [6.45, 7) is 3.93. The Morgan fingerprint density at radius 3 is 2.00 bits per heavy atom. The molecule has 0 aromatic heterocycles. The number of rotatable bonds is 11. The van der Waals surface area contributed by atoms with Gasteiger partial charge in [0.05, 0.1) is 18.2 Å². The van der Waals surface area contributed by atoms with Crippen LogP contribution in [-0.4, -0.2) is 13.2 Å². The summed E-state index contributed by atoms with van der Waals surface area (Å²) in [6, 6.07) is 18.5. The average molecular weight is 335 g/mol. The van der Waals surface area contributed by atoms with Crippen molar-refractivity contribution in [2.24, 2.45) is 0 Å². The van der Waals surface area contributed by atoms with Crippen LogP contribution in [0.15, 0.2) is 48.5 Å². The summed E-state index contributed by atoms with van der Waals surface area (Å²) in [4.78, 5) is 0. The molecule has 0 bridgehead atoms. The number of ether oxygens (including phenoxy) is 1. The largest absolute Gasteiger partial charge is 0.381 e. The SMILES string of the molecule is CCCCCCCCOCCc1ccc(-c2ccc(C#N)cc2)cc1. The quantitative estimate of drug-likeness (QED) is 0.462. The molecule has 0 saturated carbocycles. The lowest BCUT2D eigenvalue weighted by atomic mass is 10.0. The maximum Gasteiger partial charge on any atom is 0.0991 e. The predicted octanol–water partition coefficient (Wildman–Crippen LogP) is 6.14. The van der Waals surface area contributed by atoms with E-state index in [0.717, 1.165) is 25.2 Å². The Kier molecular flexibility index (Phi) is 8.80. The lowest BCUT2D eigenvalue weighted by Gasteiger charge is -2.06. The average Bonchev–Trinajstić information content (AvgIpc) is 2.67. The van der Waals surface area contributed by atoms with Crippen molar-refractivity contribution in [2.75, 3.05) is 13.2 Å². The zero-order valence-electron chi connectivity index (χ0n) is 15.3. The fourth-order valence-electron chi connectivity index (χ4n) is 2.88. The highest BCUT2D eigenvalue weighted by atomic mass is 16.5. The van der Waals surface area contributed by atoms with E-state index in [9.17, 15) is 0 Å². The van der Waals surface area contributed by atoms with Gasteiger partial charge in [-0.1, -0.05) is 75.4 Å². The first-order valence-electron chi connectivity index (χ1n) is 9.50. The molecule has 0 saturated heterocycles. The Bertz CT molecular complexity index is 637. The van der Waals surface area contributed by atoms with Gasteiger partial charge in [0.25, 0.3) is 0 Å². The number of nitrogens with zero attached hydrogens (tertiary/aromatic N) is 1. The first-order chi connectivity index (χ1) is 12.3. The van der Waals surface area contributed by atoms with Crippen LogP contribution in [-0.2, 0) is 11.2 Å². The highest BCUT2D eigenvalue weighted by Gasteiger charge is 1.99. The maximum atomic E-state index is 8.86. The number of hydrogen-bond acceptors (Lipinski definition) is 2. The predicted molar refractivity (Wildman–Crippen MR) is 104 cm³/mol. The van der Waals surface area contributed by atoms with Crippen LogP contribution in [0.3, 0.4) is 0 Å². The minimum absolute atomic E-state index is 0.697. The molecule has 0 aliphatic carbocycles. The van der Waals surface area contributed by atoms with Crippen molar-refractivity contribution in [3.05, 3.63) is 59.7 Å². The maximum absolute atomic E-state index is 8.86. The van der Waals surface area contributed by atoms with Crippen molar-refractivity contribution in [3.8, 4) is 17.2 Å². The van der Waals surface area contributed by atoms with E-state index in [-0.39, 0.29) is 0 Å². The van der Waals surface area contributed by atoms with Gasteiger partial charge in [0, 0.05) is 6.61 Å². The minimum Gasteiger partial charge on any atom is -0.381 e. The lowest BCUT2D eigenvalue weighted by Crippen LogP contribution is -2.00. The summed E-state index contributed by atoms with van der Waals surface area (Å²) in [5.41, 5.74) is 4.33. The van der Waals surface area contributed by atoms with Gasteiger partial charge >= 0.3 is 0 Å². The normalized spacial score (nSPS) is 10.6. The Morgan fingerprint density at radius 1 is 0.760 bits per heavy atom. The molecule has 0 aliphatic heterocycles. The van der Waals surface area contributed by atoms with Crippen LogP contribution in [0, 0.1) is 11.3 Å². The fraction of sp³-hybridized carbons (Fsp3) is 0.435. The number of hydrogen-bond donors (Lipinski definition) is 0. The fourth-order valence-corrected chi connectivity index (χ4v) is 2.88.